The van der Waals surface area contributed by atoms with Crippen molar-refractivity contribution in [1.82, 2.24) is 0 Å². The number of carbonyl (C=O) groups is 1. The lowest BCUT2D eigenvalue weighted by Gasteiger charge is -2.17. The average molecular weight is 355 g/mol. The summed E-state index contributed by atoms with van der Waals surface area (Å²) < 4.78 is 5.47. The fourth-order valence-corrected chi connectivity index (χ4v) is 3.44. The molecule has 0 aliphatic rings. The second-order valence-electron chi connectivity index (χ2n) is 7.74. The van der Waals surface area contributed by atoms with Gasteiger partial charge in [0.1, 0.15) is 0 Å². The molecule has 150 valence electrons. The maximum atomic E-state index is 11.7. The maximum absolute atomic E-state index is 11.7. The van der Waals surface area contributed by atoms with Gasteiger partial charge in [-0.3, -0.25) is 4.79 Å². The first-order valence-electron chi connectivity index (χ1n) is 11.4. The molecule has 0 spiro atoms. The van der Waals surface area contributed by atoms with E-state index in [2.05, 4.69) is 20.8 Å². The molecular formula is C23H46O2. The molecule has 2 heteroatoms. The van der Waals surface area contributed by atoms with Crippen LogP contribution in [0, 0.1) is 5.92 Å². The lowest BCUT2D eigenvalue weighted by Crippen LogP contribution is -2.10. The molecule has 1 atom stereocenters. The van der Waals surface area contributed by atoms with Crippen LogP contribution in [0.25, 0.3) is 0 Å². The number of unbranched alkanes of at least 4 members (excludes halogenated alkanes) is 10. The van der Waals surface area contributed by atoms with Gasteiger partial charge < -0.3 is 4.74 Å². The zero-order chi connectivity index (χ0) is 18.6. The molecule has 0 N–H and O–H groups in total. The molecule has 0 aromatic rings. The van der Waals surface area contributed by atoms with Gasteiger partial charge in [0.05, 0.1) is 6.61 Å². The van der Waals surface area contributed by atoms with Gasteiger partial charge >= 0.3 is 5.97 Å². The Bertz CT molecular complexity index is 275. The Morgan fingerprint density at radius 3 is 1.72 bits per heavy atom. The van der Waals surface area contributed by atoms with E-state index in [1.165, 1.54) is 77.0 Å². The highest BCUT2D eigenvalue weighted by atomic mass is 16.5. The molecule has 1 unspecified atom stereocenters. The Kier molecular flexibility index (Phi) is 19.4. The zero-order valence-corrected chi connectivity index (χ0v) is 17.6. The van der Waals surface area contributed by atoms with Crippen LogP contribution in [0.1, 0.15) is 130 Å². The molecule has 0 amide bonds. The van der Waals surface area contributed by atoms with Crippen molar-refractivity contribution >= 4 is 5.97 Å². The lowest BCUT2D eigenvalue weighted by molar-refractivity contribution is -0.144. The summed E-state index contributed by atoms with van der Waals surface area (Å²) in [6.45, 7) is 7.34. The van der Waals surface area contributed by atoms with Crippen LogP contribution in [-0.2, 0) is 9.53 Å². The fraction of sp³-hybridized carbons (Fsp3) is 0.957. The third-order valence-electron chi connectivity index (χ3n) is 5.21. The molecule has 0 heterocycles. The van der Waals surface area contributed by atoms with E-state index in [4.69, 9.17) is 4.74 Å². The first-order chi connectivity index (χ1) is 12.2. The molecular weight excluding hydrogens is 308 g/mol. The molecule has 0 bridgehead atoms. The second kappa shape index (κ2) is 19.8. The highest BCUT2D eigenvalue weighted by Gasteiger charge is 2.10. The highest BCUT2D eigenvalue weighted by molar-refractivity contribution is 5.69. The Morgan fingerprint density at radius 2 is 1.12 bits per heavy atom. The third kappa shape index (κ3) is 18.1. The minimum absolute atomic E-state index is 0.0118. The Labute approximate surface area is 158 Å². The molecule has 0 saturated carbocycles. The topological polar surface area (TPSA) is 26.3 Å². The van der Waals surface area contributed by atoms with Gasteiger partial charge in [0.25, 0.3) is 0 Å². The van der Waals surface area contributed by atoms with Crippen molar-refractivity contribution in [3.8, 4) is 0 Å². The summed E-state index contributed by atoms with van der Waals surface area (Å²) in [5.41, 5.74) is 0. The van der Waals surface area contributed by atoms with Crippen molar-refractivity contribution in [2.45, 2.75) is 130 Å². The average Bonchev–Trinajstić information content (AvgIpc) is 2.61. The predicted molar refractivity (Wildman–Crippen MR) is 110 cm³/mol. The van der Waals surface area contributed by atoms with Crippen LogP contribution >= 0.6 is 0 Å². The zero-order valence-electron chi connectivity index (χ0n) is 17.6. The molecule has 0 fully saturated rings. The molecule has 0 aromatic heterocycles. The maximum Gasteiger partial charge on any atom is 0.305 e. The molecule has 25 heavy (non-hydrogen) atoms. The summed E-state index contributed by atoms with van der Waals surface area (Å²) in [6, 6.07) is 0. The number of hydrogen-bond donors (Lipinski definition) is 0. The van der Waals surface area contributed by atoms with E-state index in [0.717, 1.165) is 31.6 Å². The largest absolute Gasteiger partial charge is 0.466 e. The van der Waals surface area contributed by atoms with E-state index in [-0.39, 0.29) is 5.97 Å². The van der Waals surface area contributed by atoms with E-state index in [9.17, 15) is 4.79 Å². The third-order valence-corrected chi connectivity index (χ3v) is 5.21. The number of hydrogen-bond acceptors (Lipinski definition) is 2. The molecule has 0 aromatic carbocycles. The van der Waals surface area contributed by atoms with Crippen LogP contribution in [0.5, 0.6) is 0 Å². The van der Waals surface area contributed by atoms with Crippen molar-refractivity contribution < 1.29 is 9.53 Å². The summed E-state index contributed by atoms with van der Waals surface area (Å²) in [4.78, 5) is 11.7. The van der Waals surface area contributed by atoms with E-state index >= 15 is 0 Å². The van der Waals surface area contributed by atoms with E-state index in [1.807, 2.05) is 0 Å². The van der Waals surface area contributed by atoms with Gasteiger partial charge in [0.2, 0.25) is 0 Å². The number of ether oxygens (including phenoxy) is 1. The SMILES string of the molecule is CCCCCCCCC(CCCCCC)CCOC(=O)CCCCC. The Morgan fingerprint density at radius 1 is 0.640 bits per heavy atom. The van der Waals surface area contributed by atoms with Gasteiger partial charge in [0.15, 0.2) is 0 Å². The van der Waals surface area contributed by atoms with Gasteiger partial charge in [-0.2, -0.15) is 0 Å². The standard InChI is InChI=1S/C23H46O2/c1-4-7-10-12-13-16-18-22(17-15-11-8-5-2)20-21-25-23(24)19-14-9-6-3/h22H,4-21H2,1-3H3. The summed E-state index contributed by atoms with van der Waals surface area (Å²) >= 11 is 0. The summed E-state index contributed by atoms with van der Waals surface area (Å²) in [5.74, 6) is 0.768. The summed E-state index contributed by atoms with van der Waals surface area (Å²) in [5, 5.41) is 0. The van der Waals surface area contributed by atoms with Crippen LogP contribution in [0.2, 0.25) is 0 Å². The van der Waals surface area contributed by atoms with Gasteiger partial charge in [0, 0.05) is 6.42 Å². The molecule has 0 rings (SSSR count). The normalized spacial score (nSPS) is 12.3. The number of carbonyl (C=O) groups excluding carboxylic acids is 1. The van der Waals surface area contributed by atoms with Crippen LogP contribution in [0.3, 0.4) is 0 Å². The predicted octanol–water partition coefficient (Wildman–Crippen LogP) is 7.84. The van der Waals surface area contributed by atoms with Gasteiger partial charge in [-0.25, -0.2) is 0 Å². The Balaban J connectivity index is 3.88. The highest BCUT2D eigenvalue weighted by Crippen LogP contribution is 2.22. The van der Waals surface area contributed by atoms with Crippen molar-refractivity contribution in [2.75, 3.05) is 6.61 Å². The number of esters is 1. The quantitative estimate of drug-likeness (QED) is 0.174. The van der Waals surface area contributed by atoms with Crippen LogP contribution in [-0.4, -0.2) is 12.6 Å². The summed E-state index contributed by atoms with van der Waals surface area (Å²) in [7, 11) is 0. The van der Waals surface area contributed by atoms with Gasteiger partial charge in [-0.15, -0.1) is 0 Å². The monoisotopic (exact) mass is 354 g/mol. The van der Waals surface area contributed by atoms with Crippen LogP contribution in [0.4, 0.5) is 0 Å². The summed E-state index contributed by atoms with van der Waals surface area (Å²) in [6.07, 6.45) is 21.2. The molecule has 0 saturated heterocycles. The molecule has 0 radical (unpaired) electrons. The van der Waals surface area contributed by atoms with Crippen molar-refractivity contribution in [2.24, 2.45) is 5.92 Å². The molecule has 2 nitrogen and oxygen atoms in total. The van der Waals surface area contributed by atoms with E-state index in [0.29, 0.717) is 13.0 Å². The first kappa shape index (κ1) is 24.5. The minimum atomic E-state index is 0.0118. The van der Waals surface area contributed by atoms with Crippen molar-refractivity contribution in [1.29, 1.82) is 0 Å². The fourth-order valence-electron chi connectivity index (χ4n) is 3.44. The molecule has 0 aliphatic carbocycles. The lowest BCUT2D eigenvalue weighted by atomic mass is 9.92. The van der Waals surface area contributed by atoms with Gasteiger partial charge in [-0.1, -0.05) is 111 Å². The smallest absolute Gasteiger partial charge is 0.305 e. The number of rotatable bonds is 19. The van der Waals surface area contributed by atoms with Crippen molar-refractivity contribution in [3.63, 3.8) is 0 Å². The van der Waals surface area contributed by atoms with Crippen LogP contribution in [0.15, 0.2) is 0 Å². The van der Waals surface area contributed by atoms with Crippen LogP contribution < -0.4 is 0 Å². The van der Waals surface area contributed by atoms with Gasteiger partial charge in [-0.05, 0) is 18.8 Å². The Hall–Kier alpha value is -0.530. The minimum Gasteiger partial charge on any atom is -0.466 e. The first-order valence-corrected chi connectivity index (χ1v) is 11.4. The van der Waals surface area contributed by atoms with E-state index in [1.54, 1.807) is 0 Å². The van der Waals surface area contributed by atoms with E-state index < -0.39 is 0 Å². The second-order valence-corrected chi connectivity index (χ2v) is 7.74. The molecule has 0 aliphatic heterocycles. The van der Waals surface area contributed by atoms with Crippen molar-refractivity contribution in [3.05, 3.63) is 0 Å².